The summed E-state index contributed by atoms with van der Waals surface area (Å²) in [7, 11) is 0. The maximum atomic E-state index is 8.36. The minimum Gasteiger partial charge on any atom is -0.198 e. The predicted octanol–water partition coefficient (Wildman–Crippen LogP) is 2.70. The summed E-state index contributed by atoms with van der Waals surface area (Å²) in [5, 5.41) is 8.48. The Morgan fingerprint density at radius 1 is 1.50 bits per heavy atom. The number of halogens is 1. The Balaban J connectivity index is 2.26. The molecule has 0 N–H and O–H groups in total. The van der Waals surface area contributed by atoms with E-state index in [9.17, 15) is 0 Å². The molecule has 1 unspecified atom stereocenters. The second-order valence-corrected chi connectivity index (χ2v) is 3.48. The van der Waals surface area contributed by atoms with Crippen molar-refractivity contribution in [3.63, 3.8) is 0 Å². The number of nitrogens with zero attached hydrogens (tertiary/aromatic N) is 1. The largest absolute Gasteiger partial charge is 0.198 e. The molecule has 1 fully saturated rings. The van der Waals surface area contributed by atoms with Gasteiger partial charge >= 0.3 is 0 Å². The quantitative estimate of drug-likeness (QED) is 0.566. The second-order valence-electron chi connectivity index (χ2n) is 2.92. The highest BCUT2D eigenvalue weighted by molar-refractivity contribution is 6.20. The molecule has 1 rings (SSSR count). The summed E-state index contributed by atoms with van der Waals surface area (Å²) in [5.41, 5.74) is 0. The van der Waals surface area contributed by atoms with Crippen molar-refractivity contribution in [3.05, 3.63) is 0 Å². The Labute approximate surface area is 67.0 Å². The molecule has 0 bridgehead atoms. The molecule has 0 aromatic heterocycles. The highest BCUT2D eigenvalue weighted by Crippen LogP contribution is 2.31. The minimum atomic E-state index is 0.118. The van der Waals surface area contributed by atoms with Gasteiger partial charge in [0.05, 0.1) is 12.5 Å². The van der Waals surface area contributed by atoms with Crippen LogP contribution in [0.15, 0.2) is 0 Å². The van der Waals surface area contributed by atoms with Gasteiger partial charge in [0.2, 0.25) is 0 Å². The van der Waals surface area contributed by atoms with E-state index >= 15 is 0 Å². The van der Waals surface area contributed by atoms with Gasteiger partial charge in [-0.05, 0) is 18.8 Å². The first kappa shape index (κ1) is 7.88. The summed E-state index contributed by atoms with van der Waals surface area (Å²) in [6.07, 6.45) is 5.59. The van der Waals surface area contributed by atoms with Crippen LogP contribution in [0.3, 0.4) is 0 Å². The van der Waals surface area contributed by atoms with Crippen LogP contribution in [0.2, 0.25) is 0 Å². The van der Waals surface area contributed by atoms with Gasteiger partial charge in [0, 0.05) is 5.38 Å². The maximum absolute atomic E-state index is 8.36. The highest BCUT2D eigenvalue weighted by atomic mass is 35.5. The van der Waals surface area contributed by atoms with Gasteiger partial charge in [-0.15, -0.1) is 11.6 Å². The molecule has 0 aromatic carbocycles. The summed E-state index contributed by atoms with van der Waals surface area (Å²) in [6, 6.07) is 2.11. The third kappa shape index (κ3) is 1.88. The molecule has 0 amide bonds. The first-order valence-corrected chi connectivity index (χ1v) is 4.29. The van der Waals surface area contributed by atoms with Crippen molar-refractivity contribution in [2.75, 3.05) is 0 Å². The van der Waals surface area contributed by atoms with Crippen LogP contribution in [0, 0.1) is 17.2 Å². The van der Waals surface area contributed by atoms with E-state index in [1.165, 1.54) is 25.7 Å². The van der Waals surface area contributed by atoms with Gasteiger partial charge in [0.25, 0.3) is 0 Å². The van der Waals surface area contributed by atoms with E-state index in [1.54, 1.807) is 0 Å². The zero-order valence-electron chi connectivity index (χ0n) is 6.02. The summed E-state index contributed by atoms with van der Waals surface area (Å²) in [4.78, 5) is 0. The van der Waals surface area contributed by atoms with Crippen LogP contribution in [-0.4, -0.2) is 5.38 Å². The fraction of sp³-hybridized carbons (Fsp3) is 0.875. The van der Waals surface area contributed by atoms with Gasteiger partial charge in [-0.1, -0.05) is 12.8 Å². The van der Waals surface area contributed by atoms with Crippen LogP contribution in [0.25, 0.3) is 0 Å². The van der Waals surface area contributed by atoms with Crippen LogP contribution in [0.5, 0.6) is 0 Å². The molecule has 1 saturated carbocycles. The third-order valence-corrected chi connectivity index (χ3v) is 2.71. The number of hydrogen-bond donors (Lipinski definition) is 0. The smallest absolute Gasteiger partial charge is 0.0637 e. The van der Waals surface area contributed by atoms with Crippen molar-refractivity contribution in [1.82, 2.24) is 0 Å². The van der Waals surface area contributed by atoms with Crippen molar-refractivity contribution in [1.29, 1.82) is 5.26 Å². The van der Waals surface area contributed by atoms with Crippen molar-refractivity contribution < 1.29 is 0 Å². The minimum absolute atomic E-state index is 0.118. The van der Waals surface area contributed by atoms with E-state index in [0.717, 1.165) is 0 Å². The topological polar surface area (TPSA) is 23.8 Å². The molecule has 1 aliphatic rings. The zero-order chi connectivity index (χ0) is 7.40. The number of rotatable bonds is 2. The van der Waals surface area contributed by atoms with Gasteiger partial charge in [-0.2, -0.15) is 5.26 Å². The first-order chi connectivity index (χ1) is 4.84. The SMILES string of the molecule is N#CCC(Cl)C1CCCC1. The van der Waals surface area contributed by atoms with Crippen LogP contribution in [0.1, 0.15) is 32.1 Å². The molecule has 0 aromatic rings. The lowest BCUT2D eigenvalue weighted by Crippen LogP contribution is -2.09. The zero-order valence-corrected chi connectivity index (χ0v) is 6.77. The van der Waals surface area contributed by atoms with E-state index in [-0.39, 0.29) is 5.38 Å². The Kier molecular flexibility index (Phi) is 3.02. The van der Waals surface area contributed by atoms with Gasteiger partial charge in [-0.25, -0.2) is 0 Å². The molecule has 0 heterocycles. The normalized spacial score (nSPS) is 22.4. The molecule has 56 valence electrons. The molecule has 0 spiro atoms. The fourth-order valence-electron chi connectivity index (χ4n) is 1.57. The maximum Gasteiger partial charge on any atom is 0.0637 e. The molecule has 0 aliphatic heterocycles. The molecular weight excluding hydrogens is 146 g/mol. The number of alkyl halides is 1. The van der Waals surface area contributed by atoms with E-state index in [0.29, 0.717) is 12.3 Å². The molecule has 0 radical (unpaired) electrons. The predicted molar refractivity (Wildman–Crippen MR) is 41.8 cm³/mol. The van der Waals surface area contributed by atoms with Crippen LogP contribution < -0.4 is 0 Å². The third-order valence-electron chi connectivity index (χ3n) is 2.20. The summed E-state index contributed by atoms with van der Waals surface area (Å²) in [6.45, 7) is 0. The molecular formula is C8H12ClN. The van der Waals surface area contributed by atoms with Gasteiger partial charge < -0.3 is 0 Å². The van der Waals surface area contributed by atoms with E-state index in [1.807, 2.05) is 0 Å². The number of hydrogen-bond acceptors (Lipinski definition) is 1. The van der Waals surface area contributed by atoms with Crippen LogP contribution >= 0.6 is 11.6 Å². The summed E-state index contributed by atoms with van der Waals surface area (Å²) in [5.74, 6) is 0.626. The van der Waals surface area contributed by atoms with Crippen molar-refractivity contribution >= 4 is 11.6 Å². The van der Waals surface area contributed by atoms with E-state index in [2.05, 4.69) is 6.07 Å². The van der Waals surface area contributed by atoms with Crippen molar-refractivity contribution in [2.45, 2.75) is 37.5 Å². The number of nitriles is 1. The monoisotopic (exact) mass is 157 g/mol. The molecule has 1 aliphatic carbocycles. The second kappa shape index (κ2) is 3.83. The van der Waals surface area contributed by atoms with Gasteiger partial charge in [0.1, 0.15) is 0 Å². The molecule has 1 nitrogen and oxygen atoms in total. The van der Waals surface area contributed by atoms with Gasteiger partial charge in [-0.3, -0.25) is 0 Å². The lowest BCUT2D eigenvalue weighted by Gasteiger charge is -2.11. The highest BCUT2D eigenvalue weighted by Gasteiger charge is 2.22. The van der Waals surface area contributed by atoms with Crippen molar-refractivity contribution in [3.8, 4) is 6.07 Å². The first-order valence-electron chi connectivity index (χ1n) is 3.85. The molecule has 0 saturated heterocycles. The standard InChI is InChI=1S/C8H12ClN/c9-8(5-6-10)7-3-1-2-4-7/h7-8H,1-5H2. The van der Waals surface area contributed by atoms with E-state index < -0.39 is 0 Å². The molecule has 1 atom stereocenters. The Bertz CT molecular complexity index is 133. The van der Waals surface area contributed by atoms with Crippen LogP contribution in [0.4, 0.5) is 0 Å². The summed E-state index contributed by atoms with van der Waals surface area (Å²) >= 11 is 5.96. The Morgan fingerprint density at radius 3 is 2.60 bits per heavy atom. The molecule has 10 heavy (non-hydrogen) atoms. The van der Waals surface area contributed by atoms with Gasteiger partial charge in [0.15, 0.2) is 0 Å². The fourth-order valence-corrected chi connectivity index (χ4v) is 1.89. The average molecular weight is 158 g/mol. The van der Waals surface area contributed by atoms with Crippen LogP contribution in [-0.2, 0) is 0 Å². The van der Waals surface area contributed by atoms with Crippen molar-refractivity contribution in [2.24, 2.45) is 5.92 Å². The Morgan fingerprint density at radius 2 is 2.10 bits per heavy atom. The lowest BCUT2D eigenvalue weighted by molar-refractivity contribution is 0.519. The van der Waals surface area contributed by atoms with E-state index in [4.69, 9.17) is 16.9 Å². The lowest BCUT2D eigenvalue weighted by atomic mass is 10.0. The average Bonchev–Trinajstić information content (AvgIpc) is 2.38. The molecule has 2 heteroatoms. The Hall–Kier alpha value is -0.220. The summed E-state index contributed by atoms with van der Waals surface area (Å²) < 4.78 is 0.